The van der Waals surface area contributed by atoms with Gasteiger partial charge in [0.05, 0.1) is 18.8 Å². The Hall–Kier alpha value is -2.69. The summed E-state index contributed by atoms with van der Waals surface area (Å²) in [6.45, 7) is 4.14. The maximum absolute atomic E-state index is 12.3. The van der Waals surface area contributed by atoms with Crippen LogP contribution in [0.1, 0.15) is 168 Å². The molecular weight excluding hydrogens is 615 g/mol. The summed E-state index contributed by atoms with van der Waals surface area (Å²) in [4.78, 5) is 12.3. The zero-order valence-corrected chi connectivity index (χ0v) is 32.4. The summed E-state index contributed by atoms with van der Waals surface area (Å²) in [6.07, 6.45) is 60.8. The van der Waals surface area contributed by atoms with Crippen molar-refractivity contribution in [2.24, 2.45) is 0 Å². The number of nitrogens with one attached hydrogen (secondary N) is 1. The molecule has 0 spiro atoms. The number of unbranched alkanes of at least 4 members (excludes halogenated alkanes) is 14. The Labute approximate surface area is 309 Å². The number of rotatable bonds is 35. The minimum Gasteiger partial charge on any atom is -0.394 e. The van der Waals surface area contributed by atoms with E-state index in [1.807, 2.05) is 6.08 Å². The summed E-state index contributed by atoms with van der Waals surface area (Å²) in [7, 11) is 0. The van der Waals surface area contributed by atoms with Gasteiger partial charge in [-0.05, 0) is 77.0 Å². The highest BCUT2D eigenvalue weighted by Crippen LogP contribution is 2.11. The molecule has 0 rings (SSSR count). The first-order valence-electron chi connectivity index (χ1n) is 20.5. The Bertz CT molecular complexity index is 968. The molecule has 4 heteroatoms. The molecule has 0 radical (unpaired) electrons. The van der Waals surface area contributed by atoms with Crippen molar-refractivity contribution in [1.29, 1.82) is 0 Å². The van der Waals surface area contributed by atoms with Gasteiger partial charge in [0.1, 0.15) is 0 Å². The lowest BCUT2D eigenvalue weighted by Gasteiger charge is -2.20. The molecule has 284 valence electrons. The van der Waals surface area contributed by atoms with Crippen LogP contribution < -0.4 is 5.32 Å². The van der Waals surface area contributed by atoms with Crippen molar-refractivity contribution in [2.45, 2.75) is 180 Å². The molecule has 2 atom stereocenters. The fraction of sp³-hybridized carbons (Fsp3) is 0.630. The molecule has 0 aromatic carbocycles. The van der Waals surface area contributed by atoms with Gasteiger partial charge in [0.25, 0.3) is 0 Å². The van der Waals surface area contributed by atoms with E-state index in [1.54, 1.807) is 6.08 Å². The highest BCUT2D eigenvalue weighted by Gasteiger charge is 2.17. The molecule has 1 amide bonds. The van der Waals surface area contributed by atoms with E-state index in [0.717, 1.165) is 83.5 Å². The molecule has 0 heterocycles. The van der Waals surface area contributed by atoms with Crippen LogP contribution in [-0.2, 0) is 4.79 Å². The first-order chi connectivity index (χ1) is 24.7. The van der Waals surface area contributed by atoms with Gasteiger partial charge in [-0.3, -0.25) is 4.79 Å². The number of aliphatic hydroxyl groups excluding tert-OH is 2. The molecule has 0 aromatic heterocycles. The third kappa shape index (κ3) is 36.6. The largest absolute Gasteiger partial charge is 0.394 e. The van der Waals surface area contributed by atoms with E-state index in [-0.39, 0.29) is 12.5 Å². The van der Waals surface area contributed by atoms with Crippen LogP contribution in [0.3, 0.4) is 0 Å². The van der Waals surface area contributed by atoms with Gasteiger partial charge in [0.2, 0.25) is 5.91 Å². The average Bonchev–Trinajstić information content (AvgIpc) is 3.12. The first kappa shape index (κ1) is 47.3. The normalized spacial score (nSPS) is 14.1. The second kappa shape index (κ2) is 40.7. The molecule has 2 unspecified atom stereocenters. The monoisotopic (exact) mass is 692 g/mol. The molecule has 0 aliphatic carbocycles. The van der Waals surface area contributed by atoms with Crippen LogP contribution >= 0.6 is 0 Å². The van der Waals surface area contributed by atoms with Gasteiger partial charge in [-0.25, -0.2) is 0 Å². The maximum atomic E-state index is 12.3. The predicted molar refractivity (Wildman–Crippen MR) is 220 cm³/mol. The second-order valence-electron chi connectivity index (χ2n) is 13.3. The summed E-state index contributed by atoms with van der Waals surface area (Å²) >= 11 is 0. The van der Waals surface area contributed by atoms with Crippen molar-refractivity contribution >= 4 is 5.91 Å². The van der Waals surface area contributed by atoms with Crippen LogP contribution in [0.5, 0.6) is 0 Å². The molecule has 0 fully saturated rings. The lowest BCUT2D eigenvalue weighted by atomic mass is 10.1. The quantitative estimate of drug-likeness (QED) is 0.0458. The van der Waals surface area contributed by atoms with E-state index in [2.05, 4.69) is 104 Å². The van der Waals surface area contributed by atoms with Crippen molar-refractivity contribution in [1.82, 2.24) is 5.32 Å². The molecule has 0 aliphatic heterocycles. The Balaban J connectivity index is 3.66. The minimum absolute atomic E-state index is 0.0839. The van der Waals surface area contributed by atoms with Gasteiger partial charge in [-0.1, -0.05) is 182 Å². The van der Waals surface area contributed by atoms with Crippen LogP contribution in [0.25, 0.3) is 0 Å². The number of hydrogen-bond donors (Lipinski definition) is 3. The van der Waals surface area contributed by atoms with Crippen molar-refractivity contribution in [3.05, 3.63) is 97.2 Å². The summed E-state index contributed by atoms with van der Waals surface area (Å²) < 4.78 is 0. The highest BCUT2D eigenvalue weighted by molar-refractivity contribution is 5.76. The summed E-state index contributed by atoms with van der Waals surface area (Å²) in [5.74, 6) is -0.0839. The van der Waals surface area contributed by atoms with Gasteiger partial charge in [0.15, 0.2) is 0 Å². The molecule has 0 bridgehead atoms. The molecule has 3 N–H and O–H groups in total. The lowest BCUT2D eigenvalue weighted by Crippen LogP contribution is -2.45. The van der Waals surface area contributed by atoms with Crippen LogP contribution in [-0.4, -0.2) is 34.9 Å². The van der Waals surface area contributed by atoms with Crippen LogP contribution in [0.2, 0.25) is 0 Å². The molecule has 4 nitrogen and oxygen atoms in total. The standard InChI is InChI=1S/C46H77NO3/c1-3-5-7-9-11-13-14-15-16-17-18-19-20-21-22-23-24-25-26-27-28-29-30-31-32-34-36-38-40-42-46(50)47-44(43-48)45(49)41-39-37-35-33-12-10-8-6-4-2/h5,7,11,13,15-16,18-19,21-22,24-25,27-28,39,41,44-45,48-49H,3-4,6,8-10,12,14,17,20,23,26,29-38,40,42-43H2,1-2H3,(H,47,50)/b7-5-,13-11-,16-15-,19-18-,22-21-,25-24-,28-27-,41-39+. The number of carbonyl (C=O) groups excluding carboxylic acids is 1. The zero-order valence-electron chi connectivity index (χ0n) is 32.4. The second-order valence-corrected chi connectivity index (χ2v) is 13.3. The van der Waals surface area contributed by atoms with E-state index in [1.165, 1.54) is 64.2 Å². The van der Waals surface area contributed by atoms with E-state index in [0.29, 0.717) is 6.42 Å². The van der Waals surface area contributed by atoms with Crippen molar-refractivity contribution < 1.29 is 15.0 Å². The molecule has 50 heavy (non-hydrogen) atoms. The van der Waals surface area contributed by atoms with E-state index in [4.69, 9.17) is 0 Å². The first-order valence-corrected chi connectivity index (χ1v) is 20.5. The Morgan fingerprint density at radius 1 is 0.500 bits per heavy atom. The van der Waals surface area contributed by atoms with Gasteiger partial charge in [-0.15, -0.1) is 0 Å². The van der Waals surface area contributed by atoms with Gasteiger partial charge in [-0.2, -0.15) is 0 Å². The Morgan fingerprint density at radius 3 is 1.32 bits per heavy atom. The number of allylic oxidation sites excluding steroid dienone is 15. The van der Waals surface area contributed by atoms with E-state index < -0.39 is 12.1 Å². The van der Waals surface area contributed by atoms with E-state index >= 15 is 0 Å². The summed E-state index contributed by atoms with van der Waals surface area (Å²) in [5, 5.41) is 22.8. The van der Waals surface area contributed by atoms with Crippen LogP contribution in [0.4, 0.5) is 0 Å². The Morgan fingerprint density at radius 2 is 0.880 bits per heavy atom. The van der Waals surface area contributed by atoms with Gasteiger partial charge >= 0.3 is 0 Å². The van der Waals surface area contributed by atoms with Crippen molar-refractivity contribution in [3.63, 3.8) is 0 Å². The summed E-state index contributed by atoms with van der Waals surface area (Å²) in [6, 6.07) is -0.632. The predicted octanol–water partition coefficient (Wildman–Crippen LogP) is 12.7. The number of amides is 1. The van der Waals surface area contributed by atoms with E-state index in [9.17, 15) is 15.0 Å². The van der Waals surface area contributed by atoms with Crippen molar-refractivity contribution in [3.8, 4) is 0 Å². The summed E-state index contributed by atoms with van der Waals surface area (Å²) in [5.41, 5.74) is 0. The maximum Gasteiger partial charge on any atom is 0.220 e. The molecule has 0 aromatic rings. The highest BCUT2D eigenvalue weighted by atomic mass is 16.3. The molecule has 0 saturated carbocycles. The van der Waals surface area contributed by atoms with Crippen molar-refractivity contribution in [2.75, 3.05) is 6.61 Å². The third-order valence-corrected chi connectivity index (χ3v) is 8.57. The third-order valence-electron chi connectivity index (χ3n) is 8.57. The smallest absolute Gasteiger partial charge is 0.220 e. The molecular formula is C46H77NO3. The fourth-order valence-electron chi connectivity index (χ4n) is 5.45. The molecule has 0 aliphatic rings. The number of carbonyl (C=O) groups is 1. The van der Waals surface area contributed by atoms with Gasteiger partial charge in [0, 0.05) is 6.42 Å². The average molecular weight is 692 g/mol. The topological polar surface area (TPSA) is 69.6 Å². The zero-order chi connectivity index (χ0) is 36.4. The lowest BCUT2D eigenvalue weighted by molar-refractivity contribution is -0.123. The molecule has 0 saturated heterocycles. The minimum atomic E-state index is -0.847. The number of hydrogen-bond acceptors (Lipinski definition) is 3. The number of aliphatic hydroxyl groups is 2. The van der Waals surface area contributed by atoms with Gasteiger partial charge < -0.3 is 15.5 Å². The van der Waals surface area contributed by atoms with Crippen LogP contribution in [0, 0.1) is 0 Å². The fourth-order valence-corrected chi connectivity index (χ4v) is 5.45. The van der Waals surface area contributed by atoms with Crippen LogP contribution in [0.15, 0.2) is 97.2 Å². The Kier molecular flexibility index (Phi) is 38.5. The SMILES string of the molecule is CC/C=C\C/C=C\C/C=C\C/C=C\C/C=C\C/C=C\C/C=C\CCCCCCCCCC(=O)NC(CO)C(O)/C=C/CCCCCCCCC.